The fourth-order valence-electron chi connectivity index (χ4n) is 2.49. The van der Waals surface area contributed by atoms with Crippen LogP contribution in [0.25, 0.3) is 0 Å². The lowest BCUT2D eigenvalue weighted by Crippen LogP contribution is -2.37. The van der Waals surface area contributed by atoms with Crippen LogP contribution in [-0.4, -0.2) is 32.7 Å². The van der Waals surface area contributed by atoms with E-state index in [1.165, 1.54) is 12.8 Å². The van der Waals surface area contributed by atoms with Crippen LogP contribution in [0.1, 0.15) is 30.7 Å². The Kier molecular flexibility index (Phi) is 5.15. The van der Waals surface area contributed by atoms with Crippen molar-refractivity contribution in [2.24, 2.45) is 11.1 Å². The summed E-state index contributed by atoms with van der Waals surface area (Å²) in [5, 5.41) is 3.07. The maximum Gasteiger partial charge on any atom is 0.228 e. The maximum absolute atomic E-state index is 12.3. The molecule has 0 spiro atoms. The summed E-state index contributed by atoms with van der Waals surface area (Å²) in [6.45, 7) is 1.83. The molecule has 2 rings (SSSR count). The van der Waals surface area contributed by atoms with E-state index in [1.807, 2.05) is 30.3 Å². The number of benzene rings is 1. The quantitative estimate of drug-likeness (QED) is 0.759. The minimum Gasteiger partial charge on any atom is -0.385 e. The molecule has 1 aromatic rings. The highest BCUT2D eigenvalue weighted by molar-refractivity contribution is 5.83. The molecule has 0 heterocycles. The van der Waals surface area contributed by atoms with Crippen LogP contribution in [0.5, 0.6) is 0 Å². The molecular formula is C16H24N2O2. The highest BCUT2D eigenvalue weighted by atomic mass is 16.5. The van der Waals surface area contributed by atoms with Gasteiger partial charge in [-0.3, -0.25) is 4.79 Å². The van der Waals surface area contributed by atoms with Gasteiger partial charge in [0.1, 0.15) is 0 Å². The van der Waals surface area contributed by atoms with Gasteiger partial charge in [-0.25, -0.2) is 0 Å². The molecule has 4 heteroatoms. The Balaban J connectivity index is 1.87. The summed E-state index contributed by atoms with van der Waals surface area (Å²) in [6.07, 6.45) is 3.37. The molecule has 1 fully saturated rings. The van der Waals surface area contributed by atoms with Gasteiger partial charge in [-0.2, -0.15) is 0 Å². The minimum atomic E-state index is -0.255. The van der Waals surface area contributed by atoms with Crippen LogP contribution in [0, 0.1) is 5.41 Å². The summed E-state index contributed by atoms with van der Waals surface area (Å²) < 4.78 is 5.13. The smallest absolute Gasteiger partial charge is 0.228 e. The number of carbonyl (C=O) groups excluding carboxylic acids is 1. The van der Waals surface area contributed by atoms with Gasteiger partial charge >= 0.3 is 0 Å². The Morgan fingerprint density at radius 3 is 2.65 bits per heavy atom. The molecule has 1 aliphatic rings. The molecule has 4 nitrogen and oxygen atoms in total. The van der Waals surface area contributed by atoms with E-state index in [-0.39, 0.29) is 17.2 Å². The number of hydrogen-bond acceptors (Lipinski definition) is 3. The van der Waals surface area contributed by atoms with Crippen LogP contribution in [-0.2, 0) is 9.53 Å². The molecule has 1 aliphatic carbocycles. The predicted octanol–water partition coefficient (Wildman–Crippen LogP) is 1.66. The maximum atomic E-state index is 12.3. The van der Waals surface area contributed by atoms with Crippen LogP contribution in [0.4, 0.5) is 0 Å². The van der Waals surface area contributed by atoms with Gasteiger partial charge in [-0.1, -0.05) is 30.3 Å². The number of nitrogens with two attached hydrogens (primary N) is 1. The third-order valence-electron chi connectivity index (χ3n) is 4.19. The summed E-state index contributed by atoms with van der Waals surface area (Å²) >= 11 is 0. The molecule has 0 radical (unpaired) electrons. The zero-order chi connectivity index (χ0) is 14.4. The molecule has 0 aromatic heterocycles. The second kappa shape index (κ2) is 6.86. The molecular weight excluding hydrogens is 252 g/mol. The summed E-state index contributed by atoms with van der Waals surface area (Å²) in [5.74, 6) is -0.225. The topological polar surface area (TPSA) is 64.3 Å². The SMILES string of the molecule is COCCC1(CNC(=O)C(CN)c2ccccc2)CC1. The van der Waals surface area contributed by atoms with Crippen LogP contribution < -0.4 is 11.1 Å². The molecule has 20 heavy (non-hydrogen) atoms. The Morgan fingerprint density at radius 2 is 2.10 bits per heavy atom. The molecule has 1 atom stereocenters. The summed E-state index contributed by atoms with van der Waals surface area (Å²) in [6, 6.07) is 9.72. The molecule has 1 aromatic carbocycles. The Morgan fingerprint density at radius 1 is 1.40 bits per heavy atom. The first kappa shape index (κ1) is 15.0. The zero-order valence-electron chi connectivity index (χ0n) is 12.1. The van der Waals surface area contributed by atoms with Gasteiger partial charge in [0.15, 0.2) is 0 Å². The Labute approximate surface area is 120 Å². The van der Waals surface area contributed by atoms with Gasteiger partial charge in [0, 0.05) is 26.8 Å². The first-order valence-electron chi connectivity index (χ1n) is 7.22. The van der Waals surface area contributed by atoms with Crippen molar-refractivity contribution in [1.29, 1.82) is 0 Å². The number of amides is 1. The van der Waals surface area contributed by atoms with E-state index >= 15 is 0 Å². The fraction of sp³-hybridized carbons (Fsp3) is 0.562. The van der Waals surface area contributed by atoms with Crippen molar-refractivity contribution >= 4 is 5.91 Å². The summed E-state index contributed by atoms with van der Waals surface area (Å²) in [5.41, 5.74) is 7.01. The number of nitrogens with one attached hydrogen (secondary N) is 1. The predicted molar refractivity (Wildman–Crippen MR) is 79.4 cm³/mol. The first-order valence-corrected chi connectivity index (χ1v) is 7.22. The lowest BCUT2D eigenvalue weighted by molar-refractivity contribution is -0.122. The number of carbonyl (C=O) groups is 1. The number of ether oxygens (including phenoxy) is 1. The third kappa shape index (κ3) is 3.81. The van der Waals surface area contributed by atoms with Crippen LogP contribution in [0.2, 0.25) is 0 Å². The van der Waals surface area contributed by atoms with Crippen molar-refractivity contribution in [3.8, 4) is 0 Å². The normalized spacial score (nSPS) is 17.5. The largest absolute Gasteiger partial charge is 0.385 e. The Hall–Kier alpha value is -1.39. The van der Waals surface area contributed by atoms with Crippen molar-refractivity contribution in [2.45, 2.75) is 25.2 Å². The van der Waals surface area contributed by atoms with Gasteiger partial charge in [0.05, 0.1) is 5.92 Å². The molecule has 1 unspecified atom stereocenters. The lowest BCUT2D eigenvalue weighted by Gasteiger charge is -2.19. The van der Waals surface area contributed by atoms with Crippen LogP contribution in [0.3, 0.4) is 0 Å². The Bertz CT molecular complexity index is 429. The number of methoxy groups -OCH3 is 1. The van der Waals surface area contributed by atoms with Crippen molar-refractivity contribution in [3.05, 3.63) is 35.9 Å². The minimum absolute atomic E-state index is 0.0300. The zero-order valence-corrected chi connectivity index (χ0v) is 12.1. The van der Waals surface area contributed by atoms with Gasteiger partial charge in [0.25, 0.3) is 0 Å². The van der Waals surface area contributed by atoms with E-state index in [4.69, 9.17) is 10.5 Å². The molecule has 3 N–H and O–H groups in total. The first-order chi connectivity index (χ1) is 9.71. The van der Waals surface area contributed by atoms with Crippen molar-refractivity contribution in [1.82, 2.24) is 5.32 Å². The van der Waals surface area contributed by atoms with Gasteiger partial charge in [0.2, 0.25) is 5.91 Å². The molecule has 0 saturated heterocycles. The van der Waals surface area contributed by atoms with Crippen LogP contribution in [0.15, 0.2) is 30.3 Å². The molecule has 0 aliphatic heterocycles. The molecule has 110 valence electrons. The summed E-state index contributed by atoms with van der Waals surface area (Å²) in [7, 11) is 1.72. The lowest BCUT2D eigenvalue weighted by atomic mass is 9.97. The van der Waals surface area contributed by atoms with Crippen molar-refractivity contribution < 1.29 is 9.53 Å². The summed E-state index contributed by atoms with van der Waals surface area (Å²) in [4.78, 5) is 12.3. The average molecular weight is 276 g/mol. The van der Waals surface area contributed by atoms with Crippen LogP contribution >= 0.6 is 0 Å². The van der Waals surface area contributed by atoms with E-state index in [0.717, 1.165) is 25.1 Å². The van der Waals surface area contributed by atoms with Crippen molar-refractivity contribution in [3.63, 3.8) is 0 Å². The number of rotatable bonds is 8. The van der Waals surface area contributed by atoms with E-state index in [2.05, 4.69) is 5.32 Å². The molecule has 1 amide bonds. The van der Waals surface area contributed by atoms with E-state index < -0.39 is 0 Å². The standard InChI is InChI=1S/C16H24N2O2/c1-20-10-9-16(7-8-16)12-18-15(19)14(11-17)13-5-3-2-4-6-13/h2-6,14H,7-12,17H2,1H3,(H,18,19). The van der Waals surface area contributed by atoms with Crippen molar-refractivity contribution in [2.75, 3.05) is 26.8 Å². The second-order valence-corrected chi connectivity index (χ2v) is 5.66. The highest BCUT2D eigenvalue weighted by Gasteiger charge is 2.42. The number of hydrogen-bond donors (Lipinski definition) is 2. The van der Waals surface area contributed by atoms with E-state index in [0.29, 0.717) is 6.54 Å². The van der Waals surface area contributed by atoms with Gasteiger partial charge in [-0.05, 0) is 30.2 Å². The highest BCUT2D eigenvalue weighted by Crippen LogP contribution is 2.48. The molecule has 1 saturated carbocycles. The fourth-order valence-corrected chi connectivity index (χ4v) is 2.49. The monoisotopic (exact) mass is 276 g/mol. The van der Waals surface area contributed by atoms with E-state index in [1.54, 1.807) is 7.11 Å². The second-order valence-electron chi connectivity index (χ2n) is 5.66. The molecule has 0 bridgehead atoms. The van der Waals surface area contributed by atoms with Gasteiger partial charge < -0.3 is 15.8 Å². The average Bonchev–Trinajstić information content (AvgIpc) is 3.25. The van der Waals surface area contributed by atoms with E-state index in [9.17, 15) is 4.79 Å². The van der Waals surface area contributed by atoms with Gasteiger partial charge in [-0.15, -0.1) is 0 Å². The third-order valence-corrected chi connectivity index (χ3v) is 4.19.